The summed E-state index contributed by atoms with van der Waals surface area (Å²) in [6, 6.07) is 5.39. The first kappa shape index (κ1) is 12.7. The van der Waals surface area contributed by atoms with Gasteiger partial charge in [-0.2, -0.15) is 5.26 Å². The van der Waals surface area contributed by atoms with Gasteiger partial charge in [0.2, 0.25) is 0 Å². The maximum Gasteiger partial charge on any atom is 0.263 e. The largest absolute Gasteiger partial charge is 0.359 e. The van der Waals surface area contributed by atoms with Crippen LogP contribution < -0.4 is 10.6 Å². The number of nitrogens with zero attached hydrogens (tertiary/aromatic N) is 2. The molecule has 1 heterocycles. The number of aromatic nitrogens is 1. The molecule has 0 radical (unpaired) electrons. The molecule has 0 fully saturated rings. The Bertz CT molecular complexity index is 445. The Hall–Kier alpha value is -2.35. The van der Waals surface area contributed by atoms with Gasteiger partial charge < -0.3 is 10.6 Å². The minimum Gasteiger partial charge on any atom is -0.359 e. The fourth-order valence-corrected chi connectivity index (χ4v) is 1.09. The number of pyridine rings is 1. The molecule has 0 bridgehead atoms. The molecule has 0 aliphatic rings. The lowest BCUT2D eigenvalue weighted by Gasteiger charge is -2.07. The van der Waals surface area contributed by atoms with Crippen LogP contribution in [0.1, 0.15) is 13.8 Å². The SMILES string of the molecule is CC(C)NC(=O)/C(C#N)=C\Nc1cccnc1. The Labute approximate surface area is 100 Å². The van der Waals surface area contributed by atoms with Crippen molar-refractivity contribution in [3.05, 3.63) is 36.3 Å². The van der Waals surface area contributed by atoms with Crippen molar-refractivity contribution in [3.63, 3.8) is 0 Å². The number of hydrogen-bond acceptors (Lipinski definition) is 4. The molecule has 2 N–H and O–H groups in total. The molecular weight excluding hydrogens is 216 g/mol. The number of anilines is 1. The molecule has 88 valence electrons. The molecule has 5 nitrogen and oxygen atoms in total. The average molecular weight is 230 g/mol. The summed E-state index contributed by atoms with van der Waals surface area (Å²) in [6.07, 6.45) is 4.62. The number of carbonyl (C=O) groups is 1. The van der Waals surface area contributed by atoms with Crippen molar-refractivity contribution in [2.45, 2.75) is 19.9 Å². The summed E-state index contributed by atoms with van der Waals surface area (Å²) >= 11 is 0. The molecule has 5 heteroatoms. The molecule has 1 rings (SSSR count). The third kappa shape index (κ3) is 4.34. The monoisotopic (exact) mass is 230 g/mol. The Morgan fingerprint density at radius 2 is 2.35 bits per heavy atom. The van der Waals surface area contributed by atoms with Crippen molar-refractivity contribution in [3.8, 4) is 6.07 Å². The topological polar surface area (TPSA) is 77.8 Å². The summed E-state index contributed by atoms with van der Waals surface area (Å²) in [5, 5.41) is 14.3. The van der Waals surface area contributed by atoms with Crippen molar-refractivity contribution in [2.75, 3.05) is 5.32 Å². The molecule has 0 unspecified atom stereocenters. The van der Waals surface area contributed by atoms with Crippen LogP contribution in [0.5, 0.6) is 0 Å². The fourth-order valence-electron chi connectivity index (χ4n) is 1.09. The van der Waals surface area contributed by atoms with Crippen LogP contribution in [0.2, 0.25) is 0 Å². The number of hydrogen-bond donors (Lipinski definition) is 2. The maximum absolute atomic E-state index is 11.5. The molecule has 0 aromatic carbocycles. The predicted molar refractivity (Wildman–Crippen MR) is 64.8 cm³/mol. The van der Waals surface area contributed by atoms with Gasteiger partial charge in [0, 0.05) is 18.4 Å². The van der Waals surface area contributed by atoms with Gasteiger partial charge in [-0.1, -0.05) is 0 Å². The van der Waals surface area contributed by atoms with E-state index < -0.39 is 0 Å². The Kier molecular flexibility index (Phi) is 4.70. The molecule has 0 aliphatic carbocycles. The second kappa shape index (κ2) is 6.28. The number of carbonyl (C=O) groups excluding carboxylic acids is 1. The quantitative estimate of drug-likeness (QED) is 0.605. The lowest BCUT2D eigenvalue weighted by Crippen LogP contribution is -2.31. The summed E-state index contributed by atoms with van der Waals surface area (Å²) in [7, 11) is 0. The predicted octanol–water partition coefficient (Wildman–Crippen LogP) is 1.43. The summed E-state index contributed by atoms with van der Waals surface area (Å²) in [6.45, 7) is 3.67. The van der Waals surface area contributed by atoms with E-state index in [0.29, 0.717) is 0 Å². The van der Waals surface area contributed by atoms with Crippen LogP contribution in [0, 0.1) is 11.3 Å². The van der Waals surface area contributed by atoms with Gasteiger partial charge in [-0.25, -0.2) is 0 Å². The van der Waals surface area contributed by atoms with Crippen LogP contribution in [0.25, 0.3) is 0 Å². The van der Waals surface area contributed by atoms with Gasteiger partial charge >= 0.3 is 0 Å². The first-order chi connectivity index (χ1) is 8.13. The molecule has 1 amide bonds. The van der Waals surface area contributed by atoms with E-state index in [9.17, 15) is 4.79 Å². The van der Waals surface area contributed by atoms with Crippen LogP contribution in [-0.2, 0) is 4.79 Å². The molecular formula is C12H14N4O. The highest BCUT2D eigenvalue weighted by Crippen LogP contribution is 2.04. The lowest BCUT2D eigenvalue weighted by atomic mass is 10.2. The first-order valence-electron chi connectivity index (χ1n) is 5.21. The van der Waals surface area contributed by atoms with Crippen LogP contribution in [0.3, 0.4) is 0 Å². The van der Waals surface area contributed by atoms with E-state index in [-0.39, 0.29) is 17.5 Å². The smallest absolute Gasteiger partial charge is 0.263 e. The average Bonchev–Trinajstić information content (AvgIpc) is 2.30. The highest BCUT2D eigenvalue weighted by molar-refractivity contribution is 5.97. The van der Waals surface area contributed by atoms with Crippen LogP contribution >= 0.6 is 0 Å². The summed E-state index contributed by atoms with van der Waals surface area (Å²) in [5.41, 5.74) is 0.750. The number of amides is 1. The van der Waals surface area contributed by atoms with Crippen LogP contribution in [-0.4, -0.2) is 16.9 Å². The zero-order valence-electron chi connectivity index (χ0n) is 9.77. The van der Waals surface area contributed by atoms with Gasteiger partial charge in [0.15, 0.2) is 0 Å². The van der Waals surface area contributed by atoms with Gasteiger partial charge in [-0.05, 0) is 26.0 Å². The van der Waals surface area contributed by atoms with Crippen LogP contribution in [0.4, 0.5) is 5.69 Å². The third-order valence-corrected chi connectivity index (χ3v) is 1.83. The van der Waals surface area contributed by atoms with E-state index >= 15 is 0 Å². The zero-order chi connectivity index (χ0) is 12.7. The Morgan fingerprint density at radius 1 is 1.59 bits per heavy atom. The summed E-state index contributed by atoms with van der Waals surface area (Å²) in [5.74, 6) is -0.390. The Balaban J connectivity index is 2.69. The summed E-state index contributed by atoms with van der Waals surface area (Å²) < 4.78 is 0. The molecule has 17 heavy (non-hydrogen) atoms. The second-order valence-electron chi connectivity index (χ2n) is 3.68. The molecule has 0 aliphatic heterocycles. The highest BCUT2D eigenvalue weighted by atomic mass is 16.1. The van der Waals surface area contributed by atoms with E-state index in [1.54, 1.807) is 24.5 Å². The van der Waals surface area contributed by atoms with Crippen molar-refractivity contribution in [1.29, 1.82) is 5.26 Å². The van der Waals surface area contributed by atoms with Crippen LogP contribution in [0.15, 0.2) is 36.3 Å². The van der Waals surface area contributed by atoms with Crippen molar-refractivity contribution in [1.82, 2.24) is 10.3 Å². The van der Waals surface area contributed by atoms with E-state index in [2.05, 4.69) is 15.6 Å². The van der Waals surface area contributed by atoms with E-state index in [1.807, 2.05) is 19.9 Å². The van der Waals surface area contributed by atoms with Gasteiger partial charge in [-0.15, -0.1) is 0 Å². The Morgan fingerprint density at radius 3 is 2.88 bits per heavy atom. The van der Waals surface area contributed by atoms with Crippen molar-refractivity contribution >= 4 is 11.6 Å². The normalized spacial score (nSPS) is 10.8. The zero-order valence-corrected chi connectivity index (χ0v) is 9.77. The molecule has 0 saturated heterocycles. The van der Waals surface area contributed by atoms with E-state index in [0.717, 1.165) is 5.69 Å². The van der Waals surface area contributed by atoms with Gasteiger partial charge in [0.25, 0.3) is 5.91 Å². The lowest BCUT2D eigenvalue weighted by molar-refractivity contribution is -0.117. The molecule has 1 aromatic heterocycles. The van der Waals surface area contributed by atoms with Gasteiger partial charge in [0.05, 0.1) is 11.9 Å². The molecule has 0 atom stereocenters. The number of rotatable bonds is 4. The fraction of sp³-hybridized carbons (Fsp3) is 0.250. The minimum absolute atomic E-state index is 0.00218. The number of nitriles is 1. The maximum atomic E-state index is 11.5. The molecule has 0 saturated carbocycles. The third-order valence-electron chi connectivity index (χ3n) is 1.83. The molecule has 1 aromatic rings. The standard InChI is InChI=1S/C12H14N4O/c1-9(2)16-12(17)10(6-13)7-15-11-4-3-5-14-8-11/h3-5,7-9,15H,1-2H3,(H,16,17)/b10-7-. The molecule has 0 spiro atoms. The highest BCUT2D eigenvalue weighted by Gasteiger charge is 2.09. The van der Waals surface area contributed by atoms with Gasteiger partial charge in [-0.3, -0.25) is 9.78 Å². The van der Waals surface area contributed by atoms with Crippen molar-refractivity contribution < 1.29 is 4.79 Å². The first-order valence-corrected chi connectivity index (χ1v) is 5.21. The van der Waals surface area contributed by atoms with Gasteiger partial charge in [0.1, 0.15) is 11.6 Å². The second-order valence-corrected chi connectivity index (χ2v) is 3.68. The van der Waals surface area contributed by atoms with E-state index in [4.69, 9.17) is 5.26 Å². The number of nitrogens with one attached hydrogen (secondary N) is 2. The minimum atomic E-state index is -0.390. The summed E-state index contributed by atoms with van der Waals surface area (Å²) in [4.78, 5) is 15.5. The van der Waals surface area contributed by atoms with E-state index in [1.165, 1.54) is 6.20 Å². The van der Waals surface area contributed by atoms with Crippen molar-refractivity contribution in [2.24, 2.45) is 0 Å².